The highest BCUT2D eigenvalue weighted by Crippen LogP contribution is 2.12. The third-order valence-corrected chi connectivity index (χ3v) is 2.58. The van der Waals surface area contributed by atoms with Crippen LogP contribution in [0.4, 0.5) is 4.79 Å². The maximum absolute atomic E-state index is 10.8. The number of rotatable bonds is 1. The maximum atomic E-state index is 10.8. The Morgan fingerprint density at radius 2 is 2.15 bits per heavy atom. The first kappa shape index (κ1) is 9.89. The highest BCUT2D eigenvalue weighted by molar-refractivity contribution is 7.86. The summed E-state index contributed by atoms with van der Waals surface area (Å²) >= 11 is 0. The first-order valence-corrected chi connectivity index (χ1v) is 4.70. The van der Waals surface area contributed by atoms with Crippen molar-refractivity contribution < 1.29 is 17.8 Å². The number of amidine groups is 1. The van der Waals surface area contributed by atoms with E-state index in [0.29, 0.717) is 5.01 Å². The van der Waals surface area contributed by atoms with Gasteiger partial charge in [0.15, 0.2) is 5.37 Å². The fraction of sp³-hybridized carbons (Fsp3) is 0.500. The number of hydrazine groups is 1. The topological polar surface area (TPSA) is 139 Å². The van der Waals surface area contributed by atoms with Crippen LogP contribution in [0.1, 0.15) is 6.42 Å². The number of carbonyl (C=O) groups is 1. The van der Waals surface area contributed by atoms with E-state index < -0.39 is 21.5 Å². The van der Waals surface area contributed by atoms with E-state index in [1.165, 1.54) is 0 Å². The van der Waals surface area contributed by atoms with Crippen LogP contribution in [0.15, 0.2) is 4.99 Å². The first-order valence-electron chi connectivity index (χ1n) is 3.19. The Labute approximate surface area is 73.9 Å². The summed E-state index contributed by atoms with van der Waals surface area (Å²) in [6.07, 6.45) is -0.291. The normalized spacial score (nSPS) is 24.5. The van der Waals surface area contributed by atoms with Crippen molar-refractivity contribution in [2.75, 3.05) is 0 Å². The number of hydrogen-bond acceptors (Lipinski definition) is 5. The SMILES string of the molecule is NC1=NC(=O)N(N)C(S(=O)(=O)O)C1. The second kappa shape index (κ2) is 2.94. The molecule has 74 valence electrons. The van der Waals surface area contributed by atoms with Gasteiger partial charge in [-0.1, -0.05) is 0 Å². The minimum Gasteiger partial charge on any atom is -0.387 e. The van der Waals surface area contributed by atoms with E-state index in [9.17, 15) is 13.2 Å². The first-order chi connectivity index (χ1) is 5.82. The third-order valence-electron chi connectivity index (χ3n) is 1.50. The van der Waals surface area contributed by atoms with Crippen LogP contribution in [0.2, 0.25) is 0 Å². The predicted molar refractivity (Wildman–Crippen MR) is 43.0 cm³/mol. The summed E-state index contributed by atoms with van der Waals surface area (Å²) < 4.78 is 30.0. The Morgan fingerprint density at radius 1 is 1.62 bits per heavy atom. The summed E-state index contributed by atoms with van der Waals surface area (Å²) in [6.45, 7) is 0. The minimum atomic E-state index is -4.42. The van der Waals surface area contributed by atoms with Crippen molar-refractivity contribution in [1.82, 2.24) is 5.01 Å². The van der Waals surface area contributed by atoms with E-state index in [-0.39, 0.29) is 12.3 Å². The van der Waals surface area contributed by atoms with Gasteiger partial charge in [0.05, 0.1) is 0 Å². The van der Waals surface area contributed by atoms with Gasteiger partial charge >= 0.3 is 6.03 Å². The van der Waals surface area contributed by atoms with Gasteiger partial charge in [0, 0.05) is 6.42 Å². The fourth-order valence-corrected chi connectivity index (χ4v) is 1.63. The van der Waals surface area contributed by atoms with Crippen LogP contribution in [0.25, 0.3) is 0 Å². The van der Waals surface area contributed by atoms with Gasteiger partial charge < -0.3 is 5.73 Å². The molecule has 0 aromatic carbocycles. The molecule has 1 aliphatic heterocycles. The van der Waals surface area contributed by atoms with Gasteiger partial charge in [-0.3, -0.25) is 4.55 Å². The van der Waals surface area contributed by atoms with Crippen LogP contribution in [0, 0.1) is 0 Å². The van der Waals surface area contributed by atoms with Crippen LogP contribution in [0.3, 0.4) is 0 Å². The molecule has 0 aromatic heterocycles. The molecular formula is C4H8N4O4S. The summed E-state index contributed by atoms with van der Waals surface area (Å²) in [7, 11) is -4.42. The number of nitrogens with zero attached hydrogens (tertiary/aromatic N) is 2. The van der Waals surface area contributed by atoms with Crippen molar-refractivity contribution in [2.24, 2.45) is 16.6 Å². The molecule has 1 rings (SSSR count). The number of carbonyl (C=O) groups excluding carboxylic acids is 1. The molecule has 1 aliphatic rings. The molecule has 9 heteroatoms. The molecular weight excluding hydrogens is 200 g/mol. The van der Waals surface area contributed by atoms with Gasteiger partial charge in [0.1, 0.15) is 5.84 Å². The van der Waals surface area contributed by atoms with E-state index in [2.05, 4.69) is 4.99 Å². The lowest BCUT2D eigenvalue weighted by atomic mass is 10.3. The van der Waals surface area contributed by atoms with Crippen LogP contribution < -0.4 is 11.6 Å². The molecule has 0 spiro atoms. The van der Waals surface area contributed by atoms with Crippen LogP contribution in [-0.2, 0) is 10.1 Å². The maximum Gasteiger partial charge on any atom is 0.360 e. The van der Waals surface area contributed by atoms with Crippen molar-refractivity contribution >= 4 is 22.0 Å². The van der Waals surface area contributed by atoms with E-state index >= 15 is 0 Å². The Morgan fingerprint density at radius 3 is 2.62 bits per heavy atom. The average Bonchev–Trinajstić information content (AvgIpc) is 1.94. The van der Waals surface area contributed by atoms with Crippen molar-refractivity contribution in [3.8, 4) is 0 Å². The van der Waals surface area contributed by atoms with E-state index in [1.54, 1.807) is 0 Å². The monoisotopic (exact) mass is 208 g/mol. The van der Waals surface area contributed by atoms with E-state index in [1.807, 2.05) is 0 Å². The fourth-order valence-electron chi connectivity index (χ4n) is 0.875. The largest absolute Gasteiger partial charge is 0.387 e. The third kappa shape index (κ3) is 1.94. The van der Waals surface area contributed by atoms with Gasteiger partial charge in [-0.05, 0) is 0 Å². The van der Waals surface area contributed by atoms with Crippen LogP contribution in [-0.4, -0.2) is 35.2 Å². The number of nitrogens with two attached hydrogens (primary N) is 2. The van der Waals surface area contributed by atoms with Gasteiger partial charge in [-0.25, -0.2) is 15.6 Å². The van der Waals surface area contributed by atoms with Gasteiger partial charge in [0.2, 0.25) is 0 Å². The molecule has 1 heterocycles. The minimum absolute atomic E-state index is 0.172. The highest BCUT2D eigenvalue weighted by atomic mass is 32.2. The average molecular weight is 208 g/mol. The van der Waals surface area contributed by atoms with Crippen LogP contribution in [0.5, 0.6) is 0 Å². The lowest BCUT2D eigenvalue weighted by Crippen LogP contribution is -2.53. The number of urea groups is 1. The number of aliphatic imine (C=N–C) groups is 1. The summed E-state index contributed by atoms with van der Waals surface area (Å²) in [5.74, 6) is 4.88. The van der Waals surface area contributed by atoms with Crippen molar-refractivity contribution in [3.05, 3.63) is 0 Å². The van der Waals surface area contributed by atoms with Gasteiger partial charge in [-0.15, -0.1) is 0 Å². The van der Waals surface area contributed by atoms with E-state index in [4.69, 9.17) is 16.1 Å². The Hall–Kier alpha value is -1.19. The summed E-state index contributed by atoms with van der Waals surface area (Å²) in [6, 6.07) is -0.994. The van der Waals surface area contributed by atoms with Crippen LogP contribution >= 0.6 is 0 Å². The molecule has 0 aromatic rings. The summed E-state index contributed by atoms with van der Waals surface area (Å²) in [5, 5.41) is -1.22. The van der Waals surface area contributed by atoms with Crippen molar-refractivity contribution in [3.63, 3.8) is 0 Å². The molecule has 1 unspecified atom stereocenters. The van der Waals surface area contributed by atoms with Gasteiger partial charge in [0.25, 0.3) is 10.1 Å². The zero-order valence-corrected chi connectivity index (χ0v) is 7.23. The standard InChI is InChI=1S/C4H8N4O4S/c5-2-1-3(13(10,11)12)8(6)4(9)7-2/h3H,1,6H2,(H2,5,7,9)(H,10,11,12). The number of amides is 2. The smallest absolute Gasteiger partial charge is 0.360 e. The number of hydrogen-bond donors (Lipinski definition) is 3. The molecule has 1 atom stereocenters. The lowest BCUT2D eigenvalue weighted by molar-refractivity contribution is 0.197. The highest BCUT2D eigenvalue weighted by Gasteiger charge is 2.35. The molecule has 5 N–H and O–H groups in total. The zero-order chi connectivity index (χ0) is 10.2. The molecule has 0 bridgehead atoms. The molecule has 0 saturated heterocycles. The molecule has 0 aliphatic carbocycles. The molecule has 0 saturated carbocycles. The summed E-state index contributed by atoms with van der Waals surface area (Å²) in [5.41, 5.74) is 5.15. The van der Waals surface area contributed by atoms with Crippen molar-refractivity contribution in [2.45, 2.75) is 11.8 Å². The molecule has 0 radical (unpaired) electrons. The summed E-state index contributed by atoms with van der Waals surface area (Å²) in [4.78, 5) is 14.0. The lowest BCUT2D eigenvalue weighted by Gasteiger charge is -2.26. The molecule has 0 fully saturated rings. The quantitative estimate of drug-likeness (QED) is 0.265. The molecule has 13 heavy (non-hydrogen) atoms. The predicted octanol–water partition coefficient (Wildman–Crippen LogP) is -1.74. The zero-order valence-electron chi connectivity index (χ0n) is 6.41. The second-order valence-corrected chi connectivity index (χ2v) is 4.04. The van der Waals surface area contributed by atoms with Crippen molar-refractivity contribution in [1.29, 1.82) is 0 Å². The Balaban J connectivity index is 3.05. The molecule has 8 nitrogen and oxygen atoms in total. The Bertz CT molecular complexity index is 360. The molecule has 2 amide bonds. The van der Waals surface area contributed by atoms with E-state index in [0.717, 1.165) is 0 Å². The van der Waals surface area contributed by atoms with Gasteiger partial charge in [-0.2, -0.15) is 13.4 Å². The second-order valence-electron chi connectivity index (χ2n) is 2.47. The Kier molecular flexibility index (Phi) is 2.24.